The van der Waals surface area contributed by atoms with Gasteiger partial charge in [-0.3, -0.25) is 9.52 Å². The molecular weight excluding hydrogens is 391 g/mol. The molecule has 0 saturated heterocycles. The van der Waals surface area contributed by atoms with E-state index in [4.69, 9.17) is 27.9 Å². The van der Waals surface area contributed by atoms with Gasteiger partial charge in [-0.15, -0.1) is 0 Å². The van der Waals surface area contributed by atoms with E-state index in [2.05, 4.69) is 10.0 Å². The Morgan fingerprint density at radius 1 is 1.20 bits per heavy atom. The number of anilines is 1. The standard InChI is InChI=1S/C15H14Cl2N2O5S/c1-18-14(20)8-24-11-4-2-10(3-5-11)19-25(22,23)13-7-9(16)6-12(17)15(13)21/h2-7,19,21H,8H2,1H3,(H,18,20). The van der Waals surface area contributed by atoms with Crippen LogP contribution in [0.25, 0.3) is 0 Å². The number of benzene rings is 2. The van der Waals surface area contributed by atoms with Crippen LogP contribution >= 0.6 is 23.2 Å². The molecule has 25 heavy (non-hydrogen) atoms. The molecule has 7 nitrogen and oxygen atoms in total. The Labute approximate surface area is 154 Å². The minimum atomic E-state index is -4.11. The number of hydrogen-bond acceptors (Lipinski definition) is 5. The summed E-state index contributed by atoms with van der Waals surface area (Å²) in [5, 5.41) is 12.2. The van der Waals surface area contributed by atoms with Crippen LogP contribution in [0.15, 0.2) is 41.3 Å². The highest BCUT2D eigenvalue weighted by atomic mass is 35.5. The molecule has 0 aliphatic rings. The number of nitrogens with one attached hydrogen (secondary N) is 2. The highest BCUT2D eigenvalue weighted by Gasteiger charge is 2.22. The Bertz CT molecular complexity index is 886. The minimum absolute atomic E-state index is 0.0705. The van der Waals surface area contributed by atoms with E-state index in [-0.39, 0.29) is 28.2 Å². The van der Waals surface area contributed by atoms with Gasteiger partial charge in [-0.25, -0.2) is 8.42 Å². The van der Waals surface area contributed by atoms with Gasteiger partial charge in [-0.05, 0) is 36.4 Å². The number of halogens is 2. The molecule has 0 fully saturated rings. The predicted molar refractivity (Wildman–Crippen MR) is 94.9 cm³/mol. The molecule has 2 aromatic rings. The molecule has 2 rings (SSSR count). The largest absolute Gasteiger partial charge is 0.505 e. The molecule has 10 heteroatoms. The summed E-state index contributed by atoms with van der Waals surface area (Å²) in [5.41, 5.74) is 0.225. The van der Waals surface area contributed by atoms with E-state index >= 15 is 0 Å². The van der Waals surface area contributed by atoms with E-state index in [1.54, 1.807) is 0 Å². The molecule has 0 spiro atoms. The molecule has 0 aliphatic heterocycles. The lowest BCUT2D eigenvalue weighted by molar-refractivity contribution is -0.122. The third-order valence-electron chi connectivity index (χ3n) is 3.04. The van der Waals surface area contributed by atoms with Crippen molar-refractivity contribution in [1.29, 1.82) is 0 Å². The topological polar surface area (TPSA) is 105 Å². The molecule has 134 valence electrons. The van der Waals surface area contributed by atoms with Crippen molar-refractivity contribution in [3.8, 4) is 11.5 Å². The fourth-order valence-corrected chi connectivity index (χ4v) is 3.61. The van der Waals surface area contributed by atoms with Gasteiger partial charge in [-0.1, -0.05) is 23.2 Å². The normalized spacial score (nSPS) is 11.0. The number of hydrogen-bond donors (Lipinski definition) is 3. The molecule has 2 aromatic carbocycles. The van der Waals surface area contributed by atoms with E-state index in [1.165, 1.54) is 37.4 Å². The summed E-state index contributed by atoms with van der Waals surface area (Å²) in [6.07, 6.45) is 0. The monoisotopic (exact) mass is 404 g/mol. The van der Waals surface area contributed by atoms with Crippen LogP contribution in [0.4, 0.5) is 5.69 Å². The Hall–Kier alpha value is -2.16. The lowest BCUT2D eigenvalue weighted by atomic mass is 10.3. The molecule has 0 unspecified atom stereocenters. The first kappa shape index (κ1) is 19.2. The van der Waals surface area contributed by atoms with Crippen molar-refractivity contribution < 1.29 is 23.1 Å². The third-order valence-corrected chi connectivity index (χ3v) is 4.94. The molecule has 0 bridgehead atoms. The van der Waals surface area contributed by atoms with Crippen molar-refractivity contribution in [2.75, 3.05) is 18.4 Å². The first-order valence-corrected chi connectivity index (χ1v) is 9.11. The summed E-state index contributed by atoms with van der Waals surface area (Å²) in [7, 11) is -2.62. The maximum atomic E-state index is 12.4. The van der Waals surface area contributed by atoms with Gasteiger partial charge in [0.05, 0.1) is 5.02 Å². The Morgan fingerprint density at radius 2 is 1.84 bits per heavy atom. The number of amides is 1. The van der Waals surface area contributed by atoms with Gasteiger partial charge in [0.15, 0.2) is 12.4 Å². The zero-order valence-corrected chi connectivity index (χ0v) is 15.2. The summed E-state index contributed by atoms with van der Waals surface area (Å²) >= 11 is 11.5. The van der Waals surface area contributed by atoms with E-state index < -0.39 is 20.7 Å². The number of phenols is 1. The molecule has 3 N–H and O–H groups in total. The fourth-order valence-electron chi connectivity index (χ4n) is 1.80. The quantitative estimate of drug-likeness (QED) is 0.686. The van der Waals surface area contributed by atoms with Crippen LogP contribution in [0.2, 0.25) is 10.0 Å². The average Bonchev–Trinajstić information content (AvgIpc) is 2.56. The van der Waals surface area contributed by atoms with Gasteiger partial charge < -0.3 is 15.2 Å². The lowest BCUT2D eigenvalue weighted by Crippen LogP contribution is -2.24. The highest BCUT2D eigenvalue weighted by Crippen LogP contribution is 2.35. The van der Waals surface area contributed by atoms with E-state index in [0.29, 0.717) is 5.75 Å². The molecule has 0 radical (unpaired) electrons. The van der Waals surface area contributed by atoms with Gasteiger partial charge in [-0.2, -0.15) is 0 Å². The highest BCUT2D eigenvalue weighted by molar-refractivity contribution is 7.92. The third kappa shape index (κ3) is 4.91. The van der Waals surface area contributed by atoms with Crippen LogP contribution in [-0.2, 0) is 14.8 Å². The summed E-state index contributed by atoms with van der Waals surface area (Å²) < 4.78 is 32.3. The second-order valence-corrected chi connectivity index (χ2v) is 7.32. The van der Waals surface area contributed by atoms with Crippen LogP contribution in [0, 0.1) is 0 Å². The van der Waals surface area contributed by atoms with Crippen molar-refractivity contribution in [3.05, 3.63) is 46.4 Å². The fraction of sp³-hybridized carbons (Fsp3) is 0.133. The van der Waals surface area contributed by atoms with Gasteiger partial charge in [0.1, 0.15) is 10.6 Å². The number of carbonyl (C=O) groups is 1. The van der Waals surface area contributed by atoms with Gasteiger partial charge in [0.2, 0.25) is 0 Å². The number of ether oxygens (including phenoxy) is 1. The SMILES string of the molecule is CNC(=O)COc1ccc(NS(=O)(=O)c2cc(Cl)cc(Cl)c2O)cc1. The van der Waals surface area contributed by atoms with Crippen molar-refractivity contribution >= 4 is 44.8 Å². The van der Waals surface area contributed by atoms with Crippen molar-refractivity contribution in [3.63, 3.8) is 0 Å². The molecule has 0 atom stereocenters. The maximum absolute atomic E-state index is 12.4. The zero-order chi connectivity index (χ0) is 18.6. The average molecular weight is 405 g/mol. The molecule has 0 aromatic heterocycles. The Kier molecular flexibility index (Phi) is 5.99. The first-order chi connectivity index (χ1) is 11.7. The second kappa shape index (κ2) is 7.81. The number of sulfonamides is 1. The first-order valence-electron chi connectivity index (χ1n) is 6.87. The summed E-state index contributed by atoms with van der Waals surface area (Å²) in [6, 6.07) is 8.19. The Morgan fingerprint density at radius 3 is 2.44 bits per heavy atom. The lowest BCUT2D eigenvalue weighted by Gasteiger charge is -2.11. The molecular formula is C15H14Cl2N2O5S. The van der Waals surface area contributed by atoms with Crippen LogP contribution in [0.3, 0.4) is 0 Å². The number of carbonyl (C=O) groups excluding carboxylic acids is 1. The number of phenolic OH excluding ortho intramolecular Hbond substituents is 1. The maximum Gasteiger partial charge on any atom is 0.265 e. The van der Waals surface area contributed by atoms with Gasteiger partial charge in [0.25, 0.3) is 15.9 Å². The van der Waals surface area contributed by atoms with E-state index in [0.717, 1.165) is 6.07 Å². The molecule has 0 aliphatic carbocycles. The summed E-state index contributed by atoms with van der Waals surface area (Å²) in [6.45, 7) is -0.156. The van der Waals surface area contributed by atoms with E-state index in [9.17, 15) is 18.3 Å². The van der Waals surface area contributed by atoms with Gasteiger partial charge in [0, 0.05) is 17.8 Å². The molecule has 0 heterocycles. The Balaban J connectivity index is 2.17. The minimum Gasteiger partial charge on any atom is -0.505 e. The summed E-state index contributed by atoms with van der Waals surface area (Å²) in [4.78, 5) is 10.7. The molecule has 0 saturated carbocycles. The predicted octanol–water partition coefficient (Wildman–Crippen LogP) is 2.62. The van der Waals surface area contributed by atoms with Gasteiger partial charge >= 0.3 is 0 Å². The number of aromatic hydroxyl groups is 1. The van der Waals surface area contributed by atoms with Crippen molar-refractivity contribution in [2.45, 2.75) is 4.90 Å². The second-order valence-electron chi connectivity index (χ2n) is 4.83. The van der Waals surface area contributed by atoms with Crippen molar-refractivity contribution in [1.82, 2.24) is 5.32 Å². The van der Waals surface area contributed by atoms with Crippen LogP contribution in [0.1, 0.15) is 0 Å². The summed E-state index contributed by atoms with van der Waals surface area (Å²) in [5.74, 6) is -0.498. The zero-order valence-electron chi connectivity index (χ0n) is 12.9. The van der Waals surface area contributed by atoms with Crippen LogP contribution in [-0.4, -0.2) is 33.1 Å². The smallest absolute Gasteiger partial charge is 0.265 e. The van der Waals surface area contributed by atoms with Crippen LogP contribution in [0.5, 0.6) is 11.5 Å². The van der Waals surface area contributed by atoms with Crippen LogP contribution < -0.4 is 14.8 Å². The number of likely N-dealkylation sites (N-methyl/N-ethyl adjacent to an activating group) is 1. The number of rotatable bonds is 6. The molecule has 1 amide bonds. The van der Waals surface area contributed by atoms with Crippen molar-refractivity contribution in [2.24, 2.45) is 0 Å². The van der Waals surface area contributed by atoms with E-state index in [1.807, 2.05) is 0 Å².